The number of aliphatic imine (C=N–C) groups is 1. The van der Waals surface area contributed by atoms with Crippen LogP contribution in [-0.4, -0.2) is 44.3 Å². The second-order valence-electron chi connectivity index (χ2n) is 6.85. The first-order valence-corrected chi connectivity index (χ1v) is 9.78. The molecule has 6 heteroatoms. The van der Waals surface area contributed by atoms with Crippen molar-refractivity contribution in [2.24, 2.45) is 4.99 Å². The van der Waals surface area contributed by atoms with Gasteiger partial charge >= 0.3 is 0 Å². The molecule has 1 aromatic heterocycles. The molecule has 2 heterocycles. The van der Waals surface area contributed by atoms with E-state index in [1.807, 2.05) is 18.3 Å². The predicted octanol–water partition coefficient (Wildman–Crippen LogP) is 3.19. The highest BCUT2D eigenvalue weighted by Crippen LogP contribution is 2.34. The molecule has 1 saturated heterocycles. The van der Waals surface area contributed by atoms with Crippen LogP contribution in [0.25, 0.3) is 0 Å². The molecule has 2 aromatic rings. The van der Waals surface area contributed by atoms with Crippen LogP contribution in [0.2, 0.25) is 5.15 Å². The van der Waals surface area contributed by atoms with E-state index < -0.39 is 0 Å². The van der Waals surface area contributed by atoms with Crippen molar-refractivity contribution in [3.05, 3.63) is 64.9 Å². The molecule has 1 aromatic carbocycles. The van der Waals surface area contributed by atoms with Crippen LogP contribution in [0.4, 0.5) is 0 Å². The molecule has 0 atom stereocenters. The Labute approximate surface area is 166 Å². The lowest BCUT2D eigenvalue weighted by Gasteiger charge is -2.38. The number of pyridine rings is 1. The van der Waals surface area contributed by atoms with Crippen molar-refractivity contribution in [3.8, 4) is 0 Å². The van der Waals surface area contributed by atoms with Crippen LogP contribution in [0.3, 0.4) is 0 Å². The van der Waals surface area contributed by atoms with Crippen LogP contribution < -0.4 is 10.6 Å². The van der Waals surface area contributed by atoms with E-state index in [1.54, 1.807) is 7.05 Å². The van der Waals surface area contributed by atoms with Gasteiger partial charge in [0.1, 0.15) is 5.15 Å². The van der Waals surface area contributed by atoms with E-state index in [-0.39, 0.29) is 5.41 Å². The summed E-state index contributed by atoms with van der Waals surface area (Å²) in [5, 5.41) is 7.43. The first kappa shape index (κ1) is 19.6. The van der Waals surface area contributed by atoms with E-state index >= 15 is 0 Å². The molecule has 1 aliphatic rings. The molecule has 5 nitrogen and oxygen atoms in total. The van der Waals surface area contributed by atoms with Crippen LogP contribution in [0.5, 0.6) is 0 Å². The molecule has 0 amide bonds. The van der Waals surface area contributed by atoms with Gasteiger partial charge < -0.3 is 15.4 Å². The van der Waals surface area contributed by atoms with Gasteiger partial charge in [0.2, 0.25) is 0 Å². The topological polar surface area (TPSA) is 58.5 Å². The molecular weight excluding hydrogens is 360 g/mol. The molecule has 1 aliphatic heterocycles. The highest BCUT2D eigenvalue weighted by molar-refractivity contribution is 6.29. The molecule has 0 radical (unpaired) electrons. The number of halogens is 1. The minimum absolute atomic E-state index is 0.0806. The summed E-state index contributed by atoms with van der Waals surface area (Å²) >= 11 is 5.83. The third-order valence-electron chi connectivity index (χ3n) is 5.15. The number of nitrogens with zero attached hydrogens (tertiary/aromatic N) is 2. The van der Waals surface area contributed by atoms with E-state index in [1.165, 1.54) is 5.56 Å². The number of hydrogen-bond donors (Lipinski definition) is 2. The fourth-order valence-electron chi connectivity index (χ4n) is 3.47. The van der Waals surface area contributed by atoms with Gasteiger partial charge in [-0.15, -0.1) is 0 Å². The number of aromatic nitrogens is 1. The first-order chi connectivity index (χ1) is 13.2. The Bertz CT molecular complexity index is 728. The summed E-state index contributed by atoms with van der Waals surface area (Å²) in [5.74, 6) is 0.818. The van der Waals surface area contributed by atoms with Crippen LogP contribution >= 0.6 is 11.6 Å². The van der Waals surface area contributed by atoms with Gasteiger partial charge in [-0.2, -0.15) is 0 Å². The number of rotatable bonds is 6. The van der Waals surface area contributed by atoms with E-state index in [0.29, 0.717) is 5.15 Å². The SMILES string of the molecule is CN=C(NCCc1ccc(Cl)nc1)NCC1(c2ccccc2)CCOCC1. The van der Waals surface area contributed by atoms with Gasteiger partial charge in [0.25, 0.3) is 0 Å². The fourth-order valence-corrected chi connectivity index (χ4v) is 3.59. The Kier molecular flexibility index (Phi) is 7.07. The summed E-state index contributed by atoms with van der Waals surface area (Å²) < 4.78 is 5.61. The summed E-state index contributed by atoms with van der Waals surface area (Å²) in [6.07, 6.45) is 4.70. The average molecular weight is 387 g/mol. The molecule has 0 aliphatic carbocycles. The zero-order valence-corrected chi connectivity index (χ0v) is 16.5. The Morgan fingerprint density at radius 1 is 1.15 bits per heavy atom. The summed E-state index contributed by atoms with van der Waals surface area (Å²) in [4.78, 5) is 8.49. The lowest BCUT2D eigenvalue weighted by molar-refractivity contribution is 0.0514. The van der Waals surface area contributed by atoms with Crippen LogP contribution in [0.1, 0.15) is 24.0 Å². The largest absolute Gasteiger partial charge is 0.381 e. The zero-order valence-electron chi connectivity index (χ0n) is 15.7. The second-order valence-corrected chi connectivity index (χ2v) is 7.24. The van der Waals surface area contributed by atoms with Crippen molar-refractivity contribution >= 4 is 17.6 Å². The summed E-state index contributed by atoms with van der Waals surface area (Å²) in [5.41, 5.74) is 2.59. The number of hydrogen-bond acceptors (Lipinski definition) is 3. The highest BCUT2D eigenvalue weighted by Gasteiger charge is 2.34. The van der Waals surface area contributed by atoms with Gasteiger partial charge in [-0.25, -0.2) is 4.98 Å². The van der Waals surface area contributed by atoms with E-state index in [2.05, 4.69) is 50.9 Å². The Hall–Kier alpha value is -2.11. The molecule has 144 valence electrons. The second kappa shape index (κ2) is 9.72. The Balaban J connectivity index is 1.56. The van der Waals surface area contributed by atoms with Gasteiger partial charge in [0.15, 0.2) is 5.96 Å². The third kappa shape index (κ3) is 5.44. The minimum Gasteiger partial charge on any atom is -0.381 e. The van der Waals surface area contributed by atoms with E-state index in [4.69, 9.17) is 16.3 Å². The molecule has 1 fully saturated rings. The Morgan fingerprint density at radius 3 is 2.59 bits per heavy atom. The molecule has 27 heavy (non-hydrogen) atoms. The number of ether oxygens (including phenoxy) is 1. The maximum absolute atomic E-state index is 5.83. The van der Waals surface area contributed by atoms with Crippen molar-refractivity contribution in [1.29, 1.82) is 0 Å². The van der Waals surface area contributed by atoms with Crippen molar-refractivity contribution in [1.82, 2.24) is 15.6 Å². The minimum atomic E-state index is 0.0806. The normalized spacial score (nSPS) is 16.7. The third-order valence-corrected chi connectivity index (χ3v) is 5.37. The van der Waals surface area contributed by atoms with Gasteiger partial charge in [0, 0.05) is 45.0 Å². The van der Waals surface area contributed by atoms with Gasteiger partial charge in [0.05, 0.1) is 0 Å². The first-order valence-electron chi connectivity index (χ1n) is 9.40. The molecular formula is C21H27ClN4O. The molecule has 2 N–H and O–H groups in total. The molecule has 0 bridgehead atoms. The standard InChI is InChI=1S/C21H27ClN4O/c1-23-20(24-12-9-17-7-8-19(22)25-15-17)26-16-21(10-13-27-14-11-21)18-5-3-2-4-6-18/h2-8,15H,9-14,16H2,1H3,(H2,23,24,26). The quantitative estimate of drug-likeness (QED) is 0.454. The number of guanidine groups is 1. The van der Waals surface area contributed by atoms with Crippen LogP contribution in [0, 0.1) is 0 Å². The monoisotopic (exact) mass is 386 g/mol. The fraction of sp³-hybridized carbons (Fsp3) is 0.429. The zero-order chi connectivity index (χ0) is 19.0. The molecule has 0 spiro atoms. The van der Waals surface area contributed by atoms with Gasteiger partial charge in [-0.1, -0.05) is 48.0 Å². The van der Waals surface area contributed by atoms with E-state index in [0.717, 1.165) is 57.1 Å². The number of nitrogens with one attached hydrogen (secondary N) is 2. The van der Waals surface area contributed by atoms with Gasteiger partial charge in [-0.3, -0.25) is 4.99 Å². The summed E-state index contributed by atoms with van der Waals surface area (Å²) in [7, 11) is 1.80. The van der Waals surface area contributed by atoms with Crippen LogP contribution in [0.15, 0.2) is 53.7 Å². The lowest BCUT2D eigenvalue weighted by atomic mass is 9.74. The van der Waals surface area contributed by atoms with E-state index in [9.17, 15) is 0 Å². The predicted molar refractivity (Wildman–Crippen MR) is 110 cm³/mol. The maximum Gasteiger partial charge on any atom is 0.191 e. The highest BCUT2D eigenvalue weighted by atomic mass is 35.5. The smallest absolute Gasteiger partial charge is 0.191 e. The molecule has 3 rings (SSSR count). The molecule has 0 saturated carbocycles. The average Bonchev–Trinajstić information content (AvgIpc) is 2.73. The van der Waals surface area contributed by atoms with Gasteiger partial charge in [-0.05, 0) is 36.5 Å². The summed E-state index contributed by atoms with van der Waals surface area (Å²) in [6, 6.07) is 14.5. The summed E-state index contributed by atoms with van der Waals surface area (Å²) in [6.45, 7) is 3.21. The van der Waals surface area contributed by atoms with Crippen LogP contribution in [-0.2, 0) is 16.6 Å². The van der Waals surface area contributed by atoms with Crippen molar-refractivity contribution < 1.29 is 4.74 Å². The maximum atomic E-state index is 5.83. The Morgan fingerprint density at radius 2 is 1.93 bits per heavy atom. The number of benzene rings is 1. The lowest BCUT2D eigenvalue weighted by Crippen LogP contribution is -2.48. The van der Waals surface area contributed by atoms with Crippen molar-refractivity contribution in [2.75, 3.05) is 33.4 Å². The van der Waals surface area contributed by atoms with Crippen molar-refractivity contribution in [3.63, 3.8) is 0 Å². The molecule has 0 unspecified atom stereocenters. The van der Waals surface area contributed by atoms with Crippen molar-refractivity contribution in [2.45, 2.75) is 24.7 Å².